The molecule has 1 aliphatic rings. The summed E-state index contributed by atoms with van der Waals surface area (Å²) in [7, 11) is 0. The highest BCUT2D eigenvalue weighted by Crippen LogP contribution is 2.35. The number of hydrogen-bond acceptors (Lipinski definition) is 2. The first-order chi connectivity index (χ1) is 18.0. The van der Waals surface area contributed by atoms with Crippen LogP contribution in [0.3, 0.4) is 0 Å². The molecule has 210 valence electrons. The van der Waals surface area contributed by atoms with Gasteiger partial charge in [0.05, 0.1) is 0 Å². The van der Waals surface area contributed by atoms with Crippen molar-refractivity contribution >= 4 is 6.03 Å². The molecular formula is C34H53N3O. The van der Waals surface area contributed by atoms with Crippen LogP contribution in [0.2, 0.25) is 0 Å². The van der Waals surface area contributed by atoms with Gasteiger partial charge in [-0.3, -0.25) is 0 Å². The molecule has 1 saturated heterocycles. The molecule has 38 heavy (non-hydrogen) atoms. The Morgan fingerprint density at radius 2 is 1.32 bits per heavy atom. The first-order valence-electron chi connectivity index (χ1n) is 15.0. The lowest BCUT2D eigenvalue weighted by Crippen LogP contribution is -2.43. The van der Waals surface area contributed by atoms with Gasteiger partial charge in [0.15, 0.2) is 0 Å². The molecule has 0 spiro atoms. The van der Waals surface area contributed by atoms with E-state index in [0.717, 1.165) is 25.9 Å². The molecule has 0 aliphatic carbocycles. The average Bonchev–Trinajstić information content (AvgIpc) is 3.31. The van der Waals surface area contributed by atoms with Crippen LogP contribution in [0, 0.1) is 0 Å². The normalized spacial score (nSPS) is 18.1. The summed E-state index contributed by atoms with van der Waals surface area (Å²) in [6.45, 7) is 17.4. The number of hydrogen-bond donors (Lipinski definition) is 3. The summed E-state index contributed by atoms with van der Waals surface area (Å²) in [6.07, 6.45) is 8.31. The van der Waals surface area contributed by atoms with E-state index in [2.05, 4.69) is 113 Å². The predicted octanol–water partition coefficient (Wildman–Crippen LogP) is 7.80. The zero-order valence-electron chi connectivity index (χ0n) is 25.1. The first-order valence-corrected chi connectivity index (χ1v) is 15.0. The van der Waals surface area contributed by atoms with Gasteiger partial charge < -0.3 is 16.0 Å². The van der Waals surface area contributed by atoms with E-state index in [-0.39, 0.29) is 34.9 Å². The summed E-state index contributed by atoms with van der Waals surface area (Å²) >= 11 is 0. The van der Waals surface area contributed by atoms with Crippen LogP contribution in [0.4, 0.5) is 4.79 Å². The van der Waals surface area contributed by atoms with E-state index < -0.39 is 0 Å². The molecule has 2 atom stereocenters. The molecule has 1 fully saturated rings. The zero-order chi connectivity index (χ0) is 27.8. The fraction of sp³-hybridized carbons (Fsp3) is 0.618. The number of rotatable bonds is 11. The number of nitrogens with one attached hydrogen (secondary N) is 3. The highest BCUT2D eigenvalue weighted by Gasteiger charge is 2.33. The van der Waals surface area contributed by atoms with Crippen molar-refractivity contribution in [3.8, 4) is 0 Å². The van der Waals surface area contributed by atoms with Crippen LogP contribution < -0.4 is 16.0 Å². The third-order valence-corrected chi connectivity index (χ3v) is 7.99. The van der Waals surface area contributed by atoms with Gasteiger partial charge in [0, 0.05) is 31.1 Å². The maximum Gasteiger partial charge on any atom is 0.315 e. The minimum atomic E-state index is -0.0355. The monoisotopic (exact) mass is 519 g/mol. The minimum Gasteiger partial charge on any atom is -0.338 e. The van der Waals surface area contributed by atoms with Gasteiger partial charge in [-0.2, -0.15) is 0 Å². The van der Waals surface area contributed by atoms with Crippen LogP contribution in [0.5, 0.6) is 0 Å². The molecule has 2 aromatic rings. The number of carbonyl (C=O) groups is 1. The Morgan fingerprint density at radius 3 is 1.82 bits per heavy atom. The molecule has 1 aliphatic heterocycles. The molecule has 0 radical (unpaired) electrons. The van der Waals surface area contributed by atoms with E-state index in [9.17, 15) is 4.79 Å². The van der Waals surface area contributed by atoms with Crippen molar-refractivity contribution in [1.29, 1.82) is 0 Å². The second kappa shape index (κ2) is 13.6. The number of benzene rings is 2. The highest BCUT2D eigenvalue weighted by atomic mass is 16.2. The Morgan fingerprint density at radius 1 is 0.816 bits per heavy atom. The smallest absolute Gasteiger partial charge is 0.315 e. The third-order valence-electron chi connectivity index (χ3n) is 7.99. The molecule has 2 amide bonds. The fourth-order valence-electron chi connectivity index (χ4n) is 5.51. The van der Waals surface area contributed by atoms with Crippen LogP contribution in [0.25, 0.3) is 0 Å². The Labute approximate surface area is 232 Å². The lowest BCUT2D eigenvalue weighted by atomic mass is 9.80. The van der Waals surface area contributed by atoms with Crippen LogP contribution in [-0.4, -0.2) is 31.2 Å². The summed E-state index contributed by atoms with van der Waals surface area (Å²) in [5.41, 5.74) is 5.62. The van der Waals surface area contributed by atoms with E-state index in [1.165, 1.54) is 54.4 Å². The molecule has 3 rings (SSSR count). The molecule has 0 bridgehead atoms. The summed E-state index contributed by atoms with van der Waals surface area (Å²) in [4.78, 5) is 12.6. The Kier molecular flexibility index (Phi) is 10.8. The first kappa shape index (κ1) is 30.2. The van der Waals surface area contributed by atoms with Gasteiger partial charge in [0.25, 0.3) is 0 Å². The van der Waals surface area contributed by atoms with Crippen molar-refractivity contribution in [2.45, 2.75) is 122 Å². The lowest BCUT2D eigenvalue weighted by molar-refractivity contribution is 0.237. The van der Waals surface area contributed by atoms with Crippen molar-refractivity contribution in [2.24, 2.45) is 0 Å². The topological polar surface area (TPSA) is 53.2 Å². The van der Waals surface area contributed by atoms with E-state index >= 15 is 0 Å². The second-order valence-electron chi connectivity index (χ2n) is 13.3. The standard InChI is InChI=1S/C34H53N3O/c1-8-9-10-11-12-13-22-35-32(38)37-29-23-30(36-24-29)31(25-14-18-27(19-15-25)33(2,3)4)26-16-20-28(21-17-26)34(5,6)7/h14-21,29-31,36H,8-13,22-24H2,1-7H3,(H2,35,37,38)/t29-,30-/m1/s1. The number of carbonyl (C=O) groups excluding carboxylic acids is 1. The van der Waals surface area contributed by atoms with Crippen LogP contribution in [0.15, 0.2) is 48.5 Å². The van der Waals surface area contributed by atoms with Gasteiger partial charge in [-0.25, -0.2) is 4.79 Å². The summed E-state index contributed by atoms with van der Waals surface area (Å²) < 4.78 is 0. The number of unbranched alkanes of at least 4 members (excludes halogenated alkanes) is 5. The summed E-state index contributed by atoms with van der Waals surface area (Å²) in [6, 6.07) is 18.7. The van der Waals surface area contributed by atoms with Gasteiger partial charge in [-0.1, -0.05) is 129 Å². The van der Waals surface area contributed by atoms with Gasteiger partial charge in [-0.05, 0) is 45.9 Å². The summed E-state index contributed by atoms with van der Waals surface area (Å²) in [5.74, 6) is 0.232. The molecule has 0 aromatic heterocycles. The van der Waals surface area contributed by atoms with Crippen LogP contribution in [0.1, 0.15) is 122 Å². The molecule has 4 nitrogen and oxygen atoms in total. The Hall–Kier alpha value is -2.33. The SMILES string of the molecule is CCCCCCCCNC(=O)N[C@H]1CN[C@@H](C(c2ccc(C(C)(C)C)cc2)c2ccc(C(C)(C)C)cc2)C1. The Balaban J connectivity index is 1.66. The Bertz CT molecular complexity index is 925. The quantitative estimate of drug-likeness (QED) is 0.265. The third kappa shape index (κ3) is 8.86. The molecule has 0 unspecified atom stereocenters. The molecule has 0 saturated carbocycles. The molecule has 2 aromatic carbocycles. The van der Waals surface area contributed by atoms with Gasteiger partial charge >= 0.3 is 6.03 Å². The number of amides is 2. The van der Waals surface area contributed by atoms with Gasteiger partial charge in [0.1, 0.15) is 0 Å². The van der Waals surface area contributed by atoms with E-state index in [1.54, 1.807) is 0 Å². The summed E-state index contributed by atoms with van der Waals surface area (Å²) in [5, 5.41) is 10.0. The number of urea groups is 1. The minimum absolute atomic E-state index is 0.0355. The van der Waals surface area contributed by atoms with E-state index in [1.807, 2.05) is 0 Å². The maximum atomic E-state index is 12.6. The van der Waals surface area contributed by atoms with Crippen molar-refractivity contribution in [1.82, 2.24) is 16.0 Å². The van der Waals surface area contributed by atoms with Crippen molar-refractivity contribution in [3.05, 3.63) is 70.8 Å². The molecular weight excluding hydrogens is 466 g/mol. The molecule has 4 heteroatoms. The van der Waals surface area contributed by atoms with E-state index in [0.29, 0.717) is 0 Å². The lowest BCUT2D eigenvalue weighted by Gasteiger charge is -2.27. The predicted molar refractivity (Wildman–Crippen MR) is 162 cm³/mol. The molecule has 3 N–H and O–H groups in total. The van der Waals surface area contributed by atoms with Crippen LogP contribution in [-0.2, 0) is 10.8 Å². The van der Waals surface area contributed by atoms with Crippen molar-refractivity contribution in [3.63, 3.8) is 0 Å². The average molecular weight is 520 g/mol. The van der Waals surface area contributed by atoms with Crippen molar-refractivity contribution < 1.29 is 4.79 Å². The van der Waals surface area contributed by atoms with Crippen molar-refractivity contribution in [2.75, 3.05) is 13.1 Å². The van der Waals surface area contributed by atoms with Gasteiger partial charge in [-0.15, -0.1) is 0 Å². The molecule has 1 heterocycles. The van der Waals surface area contributed by atoms with E-state index in [4.69, 9.17) is 0 Å². The van der Waals surface area contributed by atoms with Gasteiger partial charge in [0.2, 0.25) is 0 Å². The second-order valence-corrected chi connectivity index (χ2v) is 13.3. The van der Waals surface area contributed by atoms with Crippen LogP contribution >= 0.6 is 0 Å². The highest BCUT2D eigenvalue weighted by molar-refractivity contribution is 5.74. The zero-order valence-corrected chi connectivity index (χ0v) is 25.1. The fourth-order valence-corrected chi connectivity index (χ4v) is 5.51. The maximum absolute atomic E-state index is 12.6. The largest absolute Gasteiger partial charge is 0.338 e.